The van der Waals surface area contributed by atoms with Crippen molar-refractivity contribution in [1.82, 2.24) is 10.3 Å². The number of hydrogen-bond acceptors (Lipinski definition) is 2. The van der Waals surface area contributed by atoms with Crippen molar-refractivity contribution in [3.05, 3.63) is 64.7 Å². The average molecular weight is 279 g/mol. The fourth-order valence-corrected chi connectivity index (χ4v) is 1.87. The van der Waals surface area contributed by atoms with Gasteiger partial charge in [0.25, 0.3) is 5.91 Å². The van der Waals surface area contributed by atoms with Gasteiger partial charge in [0, 0.05) is 6.20 Å². The molecule has 5 heteroatoms. The fraction of sp³-hybridized carbons (Fsp3) is 0.143. The molecule has 1 atom stereocenters. The predicted octanol–water partition coefficient (Wildman–Crippen LogP) is 3.37. The van der Waals surface area contributed by atoms with Crippen LogP contribution >= 0.6 is 11.6 Å². The van der Waals surface area contributed by atoms with E-state index in [1.54, 1.807) is 24.3 Å². The Hall–Kier alpha value is -1.94. The normalized spacial score (nSPS) is 11.9. The Morgan fingerprint density at radius 2 is 2.00 bits per heavy atom. The molecule has 0 bridgehead atoms. The van der Waals surface area contributed by atoms with Gasteiger partial charge in [-0.3, -0.25) is 4.79 Å². The highest BCUT2D eigenvalue weighted by Gasteiger charge is 2.14. The molecule has 1 amide bonds. The van der Waals surface area contributed by atoms with Crippen molar-refractivity contribution < 1.29 is 9.18 Å². The van der Waals surface area contributed by atoms with Crippen LogP contribution in [0, 0.1) is 5.82 Å². The number of nitrogens with one attached hydrogen (secondary N) is 1. The van der Waals surface area contributed by atoms with Gasteiger partial charge in [0.15, 0.2) is 0 Å². The number of carbonyl (C=O) groups excluding carboxylic acids is 1. The van der Waals surface area contributed by atoms with Gasteiger partial charge in [0.1, 0.15) is 11.0 Å². The lowest BCUT2D eigenvalue weighted by Crippen LogP contribution is -2.27. The van der Waals surface area contributed by atoms with E-state index in [0.717, 1.165) is 5.56 Å². The molecule has 0 spiro atoms. The molecule has 3 nitrogen and oxygen atoms in total. The summed E-state index contributed by atoms with van der Waals surface area (Å²) in [7, 11) is 0. The second kappa shape index (κ2) is 5.80. The largest absolute Gasteiger partial charge is 0.345 e. The monoisotopic (exact) mass is 278 g/mol. The smallest absolute Gasteiger partial charge is 0.254 e. The van der Waals surface area contributed by atoms with Crippen molar-refractivity contribution in [2.45, 2.75) is 13.0 Å². The Balaban J connectivity index is 2.11. The molecule has 1 aromatic heterocycles. The lowest BCUT2D eigenvalue weighted by Gasteiger charge is -2.14. The molecule has 98 valence electrons. The standard InChI is InChI=1S/C14H12ClFN2O/c1-9(10-4-6-11(16)7-5-10)18-14(19)12-3-2-8-17-13(12)15/h2-9H,1H3,(H,18,19). The van der Waals surface area contributed by atoms with E-state index in [9.17, 15) is 9.18 Å². The van der Waals surface area contributed by atoms with E-state index in [-0.39, 0.29) is 22.9 Å². The molecule has 0 fully saturated rings. The van der Waals surface area contributed by atoms with Crippen LogP contribution in [0.15, 0.2) is 42.6 Å². The van der Waals surface area contributed by atoms with Gasteiger partial charge in [0.05, 0.1) is 11.6 Å². The molecule has 0 saturated carbocycles. The van der Waals surface area contributed by atoms with E-state index in [4.69, 9.17) is 11.6 Å². The van der Waals surface area contributed by atoms with Crippen LogP contribution in [0.2, 0.25) is 5.15 Å². The van der Waals surface area contributed by atoms with Gasteiger partial charge in [-0.2, -0.15) is 0 Å². The zero-order valence-corrected chi connectivity index (χ0v) is 11.0. The molecule has 0 saturated heterocycles. The van der Waals surface area contributed by atoms with Gasteiger partial charge < -0.3 is 5.32 Å². The summed E-state index contributed by atoms with van der Waals surface area (Å²) >= 11 is 5.85. The number of nitrogens with zero attached hydrogens (tertiary/aromatic N) is 1. The Bertz CT molecular complexity index is 586. The van der Waals surface area contributed by atoms with Crippen LogP contribution in [0.3, 0.4) is 0 Å². The second-order valence-electron chi connectivity index (χ2n) is 4.09. The number of hydrogen-bond donors (Lipinski definition) is 1. The maximum atomic E-state index is 12.8. The molecule has 0 radical (unpaired) electrons. The number of halogens is 2. The first-order chi connectivity index (χ1) is 9.08. The van der Waals surface area contributed by atoms with Crippen LogP contribution < -0.4 is 5.32 Å². The fourth-order valence-electron chi connectivity index (χ4n) is 1.66. The van der Waals surface area contributed by atoms with E-state index in [1.165, 1.54) is 18.3 Å². The first kappa shape index (κ1) is 13.5. The zero-order chi connectivity index (χ0) is 13.8. The molecule has 1 N–H and O–H groups in total. The lowest BCUT2D eigenvalue weighted by molar-refractivity contribution is 0.0939. The number of pyridine rings is 1. The molecule has 1 unspecified atom stereocenters. The van der Waals surface area contributed by atoms with E-state index in [2.05, 4.69) is 10.3 Å². The van der Waals surface area contributed by atoms with Crippen molar-refractivity contribution in [2.24, 2.45) is 0 Å². The Morgan fingerprint density at radius 1 is 1.32 bits per heavy atom. The van der Waals surface area contributed by atoms with Crippen LogP contribution in [-0.2, 0) is 0 Å². The minimum Gasteiger partial charge on any atom is -0.345 e. The van der Waals surface area contributed by atoms with E-state index < -0.39 is 0 Å². The molecule has 0 aliphatic rings. The third-order valence-electron chi connectivity index (χ3n) is 2.72. The Kier molecular flexibility index (Phi) is 4.12. The van der Waals surface area contributed by atoms with Crippen LogP contribution in [0.25, 0.3) is 0 Å². The summed E-state index contributed by atoms with van der Waals surface area (Å²) in [5.74, 6) is -0.618. The van der Waals surface area contributed by atoms with Crippen LogP contribution in [0.5, 0.6) is 0 Å². The predicted molar refractivity (Wildman–Crippen MR) is 71.5 cm³/mol. The Labute approximate surface area is 115 Å². The van der Waals surface area contributed by atoms with Gasteiger partial charge >= 0.3 is 0 Å². The number of carbonyl (C=O) groups is 1. The molecule has 19 heavy (non-hydrogen) atoms. The quantitative estimate of drug-likeness (QED) is 0.875. The molecule has 1 heterocycles. The summed E-state index contributed by atoms with van der Waals surface area (Å²) in [6.07, 6.45) is 1.52. The molecule has 2 aromatic rings. The minimum atomic E-state index is -0.310. The van der Waals surface area contributed by atoms with Crippen molar-refractivity contribution in [3.8, 4) is 0 Å². The van der Waals surface area contributed by atoms with Gasteiger partial charge in [-0.05, 0) is 36.8 Å². The first-order valence-electron chi connectivity index (χ1n) is 5.75. The lowest BCUT2D eigenvalue weighted by atomic mass is 10.1. The van der Waals surface area contributed by atoms with Crippen LogP contribution in [0.1, 0.15) is 28.9 Å². The highest BCUT2D eigenvalue weighted by atomic mass is 35.5. The van der Waals surface area contributed by atoms with E-state index in [0.29, 0.717) is 5.56 Å². The molecular weight excluding hydrogens is 267 g/mol. The third-order valence-corrected chi connectivity index (χ3v) is 3.02. The minimum absolute atomic E-state index is 0.159. The molecule has 1 aromatic carbocycles. The summed E-state index contributed by atoms with van der Waals surface area (Å²) < 4.78 is 12.8. The molecule has 0 aliphatic carbocycles. The third kappa shape index (κ3) is 3.29. The summed E-state index contributed by atoms with van der Waals surface area (Å²) in [5.41, 5.74) is 1.13. The highest BCUT2D eigenvalue weighted by Crippen LogP contribution is 2.16. The second-order valence-corrected chi connectivity index (χ2v) is 4.45. The van der Waals surface area contributed by atoms with Gasteiger partial charge in [-0.25, -0.2) is 9.37 Å². The molecular formula is C14H12ClFN2O. The van der Waals surface area contributed by atoms with Crippen molar-refractivity contribution in [3.63, 3.8) is 0 Å². The van der Waals surface area contributed by atoms with E-state index in [1.807, 2.05) is 6.92 Å². The Morgan fingerprint density at radius 3 is 2.63 bits per heavy atom. The van der Waals surface area contributed by atoms with Crippen LogP contribution in [-0.4, -0.2) is 10.9 Å². The highest BCUT2D eigenvalue weighted by molar-refractivity contribution is 6.32. The summed E-state index contributed by atoms with van der Waals surface area (Å²) in [6.45, 7) is 1.81. The first-order valence-corrected chi connectivity index (χ1v) is 6.12. The number of rotatable bonds is 3. The number of aromatic nitrogens is 1. The summed E-state index contributed by atoms with van der Waals surface area (Å²) in [4.78, 5) is 15.9. The number of amides is 1. The SMILES string of the molecule is CC(NC(=O)c1cccnc1Cl)c1ccc(F)cc1. The molecule has 0 aliphatic heterocycles. The van der Waals surface area contributed by atoms with Gasteiger partial charge in [0.2, 0.25) is 0 Å². The maximum absolute atomic E-state index is 12.8. The van der Waals surface area contributed by atoms with Gasteiger partial charge in [-0.15, -0.1) is 0 Å². The van der Waals surface area contributed by atoms with Crippen molar-refractivity contribution in [1.29, 1.82) is 0 Å². The van der Waals surface area contributed by atoms with E-state index >= 15 is 0 Å². The topological polar surface area (TPSA) is 42.0 Å². The number of benzene rings is 1. The van der Waals surface area contributed by atoms with Crippen molar-refractivity contribution in [2.75, 3.05) is 0 Å². The average Bonchev–Trinajstić information content (AvgIpc) is 2.39. The zero-order valence-electron chi connectivity index (χ0n) is 10.2. The molecule has 2 rings (SSSR count). The van der Waals surface area contributed by atoms with Gasteiger partial charge in [-0.1, -0.05) is 23.7 Å². The van der Waals surface area contributed by atoms with Crippen molar-refractivity contribution >= 4 is 17.5 Å². The summed E-state index contributed by atoms with van der Waals surface area (Å²) in [6, 6.07) is 8.97. The van der Waals surface area contributed by atoms with Crippen LogP contribution in [0.4, 0.5) is 4.39 Å². The summed E-state index contributed by atoms with van der Waals surface area (Å²) in [5, 5.41) is 2.95. The maximum Gasteiger partial charge on any atom is 0.254 e.